The fraction of sp³-hybridized carbons (Fsp3) is 0.224. The van der Waals surface area contributed by atoms with Crippen LogP contribution in [0, 0.1) is 11.8 Å². The number of anilines is 1. The van der Waals surface area contributed by atoms with Gasteiger partial charge in [0.2, 0.25) is 0 Å². The lowest BCUT2D eigenvalue weighted by molar-refractivity contribution is 0.0641. The van der Waals surface area contributed by atoms with E-state index in [1.807, 2.05) is 0 Å². The molecule has 5 atom stereocenters. The number of allylic oxidation sites excluding steroid dienone is 9. The molecule has 3 heterocycles. The smallest absolute Gasteiger partial charge is 0.132 e. The number of hydrogen-bond donors (Lipinski definition) is 0. The van der Waals surface area contributed by atoms with Gasteiger partial charge < -0.3 is 14.4 Å². The minimum atomic E-state index is -0.455. The number of rotatable bonds is 3. The molecule has 4 aromatic carbocycles. The molecule has 7 aliphatic rings. The first kappa shape index (κ1) is 30.1. The zero-order chi connectivity index (χ0) is 34.2. The van der Waals surface area contributed by atoms with Crippen LogP contribution in [0.3, 0.4) is 0 Å². The molecule has 52 heavy (non-hydrogen) atoms. The molecular formula is C49H41NO2. The normalized spacial score (nSPS) is 27.5. The average Bonchev–Trinajstić information content (AvgIpc) is 3.55. The second-order valence-electron chi connectivity index (χ2n) is 15.2. The molecule has 3 heteroatoms. The Morgan fingerprint density at radius 3 is 2.42 bits per heavy atom. The third-order valence-corrected chi connectivity index (χ3v) is 12.6. The summed E-state index contributed by atoms with van der Waals surface area (Å²) in [6, 6.07) is 36.2. The third-order valence-electron chi connectivity index (χ3n) is 12.6. The van der Waals surface area contributed by atoms with Crippen LogP contribution in [0.5, 0.6) is 11.5 Å². The highest BCUT2D eigenvalue weighted by molar-refractivity contribution is 5.77. The molecule has 4 aliphatic carbocycles. The Balaban J connectivity index is 1.06. The minimum Gasteiger partial charge on any atom is -0.486 e. The van der Waals surface area contributed by atoms with E-state index in [-0.39, 0.29) is 12.0 Å². The van der Waals surface area contributed by atoms with Crippen LogP contribution in [0.25, 0.3) is 16.7 Å². The van der Waals surface area contributed by atoms with Crippen molar-refractivity contribution in [2.45, 2.75) is 56.1 Å². The van der Waals surface area contributed by atoms with Crippen molar-refractivity contribution in [3.05, 3.63) is 191 Å². The molecule has 254 valence electrons. The molecule has 4 aromatic rings. The van der Waals surface area contributed by atoms with Crippen LogP contribution in [0.1, 0.15) is 55.2 Å². The molecule has 0 bridgehead atoms. The van der Waals surface area contributed by atoms with Crippen LogP contribution in [-0.4, -0.2) is 12.1 Å². The highest BCUT2D eigenvalue weighted by Gasteiger charge is 2.57. The largest absolute Gasteiger partial charge is 0.486 e. The van der Waals surface area contributed by atoms with E-state index in [1.54, 1.807) is 0 Å². The molecule has 0 saturated carbocycles. The monoisotopic (exact) mass is 675 g/mol. The van der Waals surface area contributed by atoms with Crippen molar-refractivity contribution in [2.24, 2.45) is 11.8 Å². The molecule has 0 N–H and O–H groups in total. The minimum absolute atomic E-state index is 0.0655. The first-order valence-corrected chi connectivity index (χ1v) is 19.2. The molecule has 11 rings (SSSR count). The van der Waals surface area contributed by atoms with Gasteiger partial charge in [-0.2, -0.15) is 0 Å². The van der Waals surface area contributed by atoms with Crippen LogP contribution >= 0.6 is 0 Å². The van der Waals surface area contributed by atoms with Crippen LogP contribution in [0.2, 0.25) is 0 Å². The summed E-state index contributed by atoms with van der Waals surface area (Å²) in [5.41, 5.74) is 12.7. The van der Waals surface area contributed by atoms with Gasteiger partial charge in [0.25, 0.3) is 0 Å². The number of hydrogen-bond acceptors (Lipinski definition) is 3. The maximum Gasteiger partial charge on any atom is 0.132 e. The van der Waals surface area contributed by atoms with Gasteiger partial charge in [-0.15, -0.1) is 0 Å². The number of nitrogens with zero attached hydrogens (tertiary/aromatic N) is 1. The Kier molecular flexibility index (Phi) is 6.80. The lowest BCUT2D eigenvalue weighted by atomic mass is 9.55. The lowest BCUT2D eigenvalue weighted by Gasteiger charge is -2.53. The Labute approximate surface area is 306 Å². The number of para-hydroxylation sites is 1. The van der Waals surface area contributed by atoms with Gasteiger partial charge in [-0.05, 0) is 109 Å². The first-order chi connectivity index (χ1) is 25.8. The maximum absolute atomic E-state index is 7.05. The van der Waals surface area contributed by atoms with Crippen molar-refractivity contribution < 1.29 is 9.47 Å². The van der Waals surface area contributed by atoms with E-state index in [2.05, 4.69) is 157 Å². The zero-order valence-electron chi connectivity index (χ0n) is 29.2. The molecule has 0 amide bonds. The first-order valence-electron chi connectivity index (χ1n) is 19.2. The van der Waals surface area contributed by atoms with Gasteiger partial charge >= 0.3 is 0 Å². The fourth-order valence-corrected chi connectivity index (χ4v) is 10.4. The summed E-state index contributed by atoms with van der Waals surface area (Å²) in [7, 11) is 0. The zero-order valence-corrected chi connectivity index (χ0v) is 29.2. The Hall–Kier alpha value is -5.54. The van der Waals surface area contributed by atoms with E-state index in [1.165, 1.54) is 55.9 Å². The maximum atomic E-state index is 7.05. The van der Waals surface area contributed by atoms with Gasteiger partial charge in [0.05, 0.1) is 5.41 Å². The van der Waals surface area contributed by atoms with Crippen molar-refractivity contribution in [3.63, 3.8) is 0 Å². The summed E-state index contributed by atoms with van der Waals surface area (Å²) >= 11 is 0. The van der Waals surface area contributed by atoms with E-state index >= 15 is 0 Å². The van der Waals surface area contributed by atoms with Crippen molar-refractivity contribution in [1.82, 2.24) is 0 Å². The van der Waals surface area contributed by atoms with Crippen LogP contribution in [-0.2, 0) is 10.2 Å². The Morgan fingerprint density at radius 2 is 1.52 bits per heavy atom. The van der Waals surface area contributed by atoms with Crippen molar-refractivity contribution in [2.75, 3.05) is 4.90 Å². The van der Waals surface area contributed by atoms with E-state index in [0.717, 1.165) is 55.8 Å². The van der Waals surface area contributed by atoms with Crippen LogP contribution in [0.4, 0.5) is 5.69 Å². The predicted molar refractivity (Wildman–Crippen MR) is 210 cm³/mol. The summed E-state index contributed by atoms with van der Waals surface area (Å²) in [5.74, 6) is 3.39. The molecule has 1 saturated heterocycles. The highest BCUT2D eigenvalue weighted by Crippen LogP contribution is 2.63. The van der Waals surface area contributed by atoms with Crippen molar-refractivity contribution >= 4 is 11.3 Å². The summed E-state index contributed by atoms with van der Waals surface area (Å²) in [4.78, 5) is 2.66. The molecule has 4 unspecified atom stereocenters. The quantitative estimate of drug-likeness (QED) is 0.216. The van der Waals surface area contributed by atoms with Crippen molar-refractivity contribution in [3.8, 4) is 22.6 Å². The topological polar surface area (TPSA) is 21.7 Å². The van der Waals surface area contributed by atoms with Crippen LogP contribution in [0.15, 0.2) is 174 Å². The van der Waals surface area contributed by atoms with Crippen molar-refractivity contribution in [1.29, 1.82) is 0 Å². The molecule has 1 fully saturated rings. The summed E-state index contributed by atoms with van der Waals surface area (Å²) in [6.45, 7) is 0. The van der Waals surface area contributed by atoms with Gasteiger partial charge in [0.1, 0.15) is 23.4 Å². The second kappa shape index (κ2) is 11.7. The average molecular weight is 676 g/mol. The van der Waals surface area contributed by atoms with Gasteiger partial charge in [-0.3, -0.25) is 0 Å². The molecular weight excluding hydrogens is 635 g/mol. The van der Waals surface area contributed by atoms with Gasteiger partial charge in [0.15, 0.2) is 0 Å². The van der Waals surface area contributed by atoms with Crippen LogP contribution < -0.4 is 9.64 Å². The molecule has 0 radical (unpaired) electrons. The van der Waals surface area contributed by atoms with E-state index in [9.17, 15) is 0 Å². The molecule has 0 aromatic heterocycles. The molecule has 1 spiro atoms. The molecule has 3 aliphatic heterocycles. The SMILES string of the molecule is C1=CC2[C@@H](C=C1)OC1=CCCC=C1C21c2ccc(C3=CC4C5=C(CCC=C5)N(c5ccccc5)C4CC3)cc2Oc2ccc(-c3ccccc3)cc21. The van der Waals surface area contributed by atoms with Gasteiger partial charge in [-0.1, -0.05) is 109 Å². The second-order valence-corrected chi connectivity index (χ2v) is 15.2. The fourth-order valence-electron chi connectivity index (χ4n) is 10.4. The summed E-state index contributed by atoms with van der Waals surface area (Å²) in [5, 5.41) is 0. The summed E-state index contributed by atoms with van der Waals surface area (Å²) < 4.78 is 13.8. The van der Waals surface area contributed by atoms with E-state index < -0.39 is 5.41 Å². The Morgan fingerprint density at radius 1 is 0.692 bits per heavy atom. The predicted octanol–water partition coefficient (Wildman–Crippen LogP) is 11.8. The number of benzene rings is 4. The van der Waals surface area contributed by atoms with E-state index in [4.69, 9.17) is 9.47 Å². The third kappa shape index (κ3) is 4.38. The Bertz CT molecular complexity index is 2340. The van der Waals surface area contributed by atoms with Gasteiger partial charge in [0, 0.05) is 46.0 Å². The number of ether oxygens (including phenoxy) is 2. The highest BCUT2D eigenvalue weighted by atomic mass is 16.5. The summed E-state index contributed by atoms with van der Waals surface area (Å²) in [6.07, 6.45) is 27.4. The number of fused-ring (bicyclic) bond motifs is 10. The standard InChI is InChI=1S/C49H41NO2/c1-3-13-32(14-4-1)34-25-28-47-42(30-34)49(39-18-8-11-21-45(39)51-46-22-12-9-19-40(46)49)41-26-23-35(31-48(41)52-47)33-24-27-44-38(29-33)37-17-7-10-20-43(37)50(44)36-15-5-2-6-16-36/h1-8,11,13-19,21-23,25-26,28-31,38-39,44-45H,9-10,12,20,24,27H2/t38?,39?,44?,45-,49?/m1/s1. The van der Waals surface area contributed by atoms with E-state index in [0.29, 0.717) is 12.0 Å². The molecule has 3 nitrogen and oxygen atoms in total. The lowest BCUT2D eigenvalue weighted by Crippen LogP contribution is -2.50. The van der Waals surface area contributed by atoms with Gasteiger partial charge in [-0.25, -0.2) is 0 Å².